The third-order valence-corrected chi connectivity index (χ3v) is 11.1. The average Bonchev–Trinajstić information content (AvgIpc) is 3.22. The summed E-state index contributed by atoms with van der Waals surface area (Å²) in [4.78, 5) is 0. The minimum atomic E-state index is -0.859. The van der Waals surface area contributed by atoms with E-state index in [1.807, 2.05) is 0 Å². The van der Waals surface area contributed by atoms with Crippen LogP contribution in [-0.4, -0.2) is 25.5 Å². The molecule has 0 aromatic heterocycles. The molecule has 9 heteroatoms. The molecule has 0 spiro atoms. The summed E-state index contributed by atoms with van der Waals surface area (Å²) >= 11 is 0. The molecule has 5 N–H and O–H groups in total. The molecule has 7 rings (SSSR count). The molecule has 0 aliphatic heterocycles. The van der Waals surface area contributed by atoms with Gasteiger partial charge in [-0.1, -0.05) is 132 Å². The minimum absolute atomic E-state index is 0.0760. The maximum absolute atomic E-state index is 14.3. The van der Waals surface area contributed by atoms with Crippen LogP contribution in [0.3, 0.4) is 0 Å². The van der Waals surface area contributed by atoms with E-state index in [1.54, 1.807) is 24.3 Å². The largest absolute Gasteiger partial charge is 0.507 e. The van der Waals surface area contributed by atoms with Gasteiger partial charge in [0.15, 0.2) is 46.3 Å². The Hall–Kier alpha value is -6.74. The Morgan fingerprint density at radius 3 is 0.937 bits per heavy atom. The molecule has 0 amide bonds. The first-order chi connectivity index (χ1) is 29.6. The number of halogens is 4. The summed E-state index contributed by atoms with van der Waals surface area (Å²) < 4.78 is 57.3. The zero-order chi connectivity index (χ0) is 46.0. The lowest BCUT2D eigenvalue weighted by molar-refractivity contribution is 0.422. The number of aryl methyl sites for hydroxylation is 1. The Labute approximate surface area is 366 Å². The maximum atomic E-state index is 14.3. The molecule has 0 saturated carbocycles. The Morgan fingerprint density at radius 2 is 0.667 bits per heavy atom. The smallest absolute Gasteiger partial charge is 0.165 e. The number of benzene rings is 7. The molecular weight excluding hydrogens is 805 g/mol. The number of aromatic hydroxyl groups is 5. The van der Waals surface area contributed by atoms with Crippen molar-refractivity contribution in [1.82, 2.24) is 0 Å². The molecule has 7 aromatic rings. The topological polar surface area (TPSA) is 101 Å². The van der Waals surface area contributed by atoms with Crippen molar-refractivity contribution in [3.8, 4) is 28.7 Å². The van der Waals surface area contributed by atoms with Crippen LogP contribution in [-0.2, 0) is 17.3 Å². The quantitative estimate of drug-likeness (QED) is 0.0774. The fourth-order valence-corrected chi connectivity index (χ4v) is 7.73. The van der Waals surface area contributed by atoms with E-state index in [9.17, 15) is 43.1 Å². The molecule has 326 valence electrons. The normalized spacial score (nSPS) is 11.8. The molecule has 63 heavy (non-hydrogen) atoms. The van der Waals surface area contributed by atoms with Gasteiger partial charge in [-0.2, -0.15) is 0 Å². The Bertz CT molecular complexity index is 2470. The SMILES string of the molecule is Cc1ccc(Cc2cc(C(C)(C)C)c(O)c(C(C)(C)C)c2)cc1.Oc1ccc(C(c2ccc(C(c3ccc(O)c(F)c3)c3ccc(O)c(F)c3)cc2)c2ccc(O)c(F)c2)cc1F. The van der Waals surface area contributed by atoms with E-state index >= 15 is 0 Å². The van der Waals surface area contributed by atoms with E-state index in [4.69, 9.17) is 0 Å². The van der Waals surface area contributed by atoms with E-state index < -0.39 is 58.1 Å². The lowest BCUT2D eigenvalue weighted by atomic mass is 9.78. The van der Waals surface area contributed by atoms with Crippen molar-refractivity contribution in [2.45, 2.75) is 77.6 Å². The second-order valence-corrected chi connectivity index (χ2v) is 18.1. The van der Waals surface area contributed by atoms with Crippen molar-refractivity contribution >= 4 is 0 Å². The highest BCUT2D eigenvalue weighted by atomic mass is 19.1. The molecule has 0 radical (unpaired) electrons. The van der Waals surface area contributed by atoms with Gasteiger partial charge < -0.3 is 25.5 Å². The van der Waals surface area contributed by atoms with Gasteiger partial charge in [-0.3, -0.25) is 0 Å². The standard InChI is InChI=1S/C32H22F4O4.C22H30O/c33-23-13-19(5-9-27(23)37)31(20-6-10-28(38)24(34)14-20)17-1-2-18(4-3-17)32(21-7-11-29(39)25(35)15-21)22-8-12-30(40)26(36)16-22;1-15-8-10-16(11-9-15)12-17-13-18(21(2,3)4)20(23)19(14-17)22(5,6)7/h1-16,31-32,37-40H;8-11,13-14,23H,12H2,1-7H3. The fraction of sp³-hybridized carbons (Fsp3) is 0.222. The zero-order valence-electron chi connectivity index (χ0n) is 36.3. The highest BCUT2D eigenvalue weighted by Gasteiger charge is 2.27. The van der Waals surface area contributed by atoms with Gasteiger partial charge in [0.1, 0.15) is 5.75 Å². The van der Waals surface area contributed by atoms with Crippen molar-refractivity contribution in [1.29, 1.82) is 0 Å². The van der Waals surface area contributed by atoms with Gasteiger partial charge >= 0.3 is 0 Å². The van der Waals surface area contributed by atoms with Crippen LogP contribution in [0.1, 0.15) is 115 Å². The van der Waals surface area contributed by atoms with Crippen LogP contribution >= 0.6 is 0 Å². The predicted octanol–water partition coefficient (Wildman–Crippen LogP) is 13.3. The number of phenols is 5. The maximum Gasteiger partial charge on any atom is 0.165 e. The van der Waals surface area contributed by atoms with Crippen LogP contribution < -0.4 is 0 Å². The first kappa shape index (κ1) is 45.8. The first-order valence-electron chi connectivity index (χ1n) is 20.6. The summed E-state index contributed by atoms with van der Waals surface area (Å²) in [7, 11) is 0. The average molecular weight is 857 g/mol. The van der Waals surface area contributed by atoms with Crippen LogP contribution in [0, 0.1) is 30.2 Å². The second kappa shape index (κ2) is 18.3. The van der Waals surface area contributed by atoms with Gasteiger partial charge in [0.2, 0.25) is 0 Å². The predicted molar refractivity (Wildman–Crippen MR) is 240 cm³/mol. The molecular formula is C54H52F4O5. The summed E-state index contributed by atoms with van der Waals surface area (Å²) in [6.45, 7) is 15.1. The Morgan fingerprint density at radius 1 is 0.381 bits per heavy atom. The van der Waals surface area contributed by atoms with E-state index in [0.717, 1.165) is 41.8 Å². The summed E-state index contributed by atoms with van der Waals surface area (Å²) in [6.07, 6.45) is 0.896. The molecule has 0 heterocycles. The van der Waals surface area contributed by atoms with Crippen LogP contribution in [0.4, 0.5) is 17.6 Å². The second-order valence-electron chi connectivity index (χ2n) is 18.1. The molecule has 0 saturated heterocycles. The molecule has 0 aliphatic carbocycles. The van der Waals surface area contributed by atoms with Crippen molar-refractivity contribution in [2.24, 2.45) is 0 Å². The van der Waals surface area contributed by atoms with Gasteiger partial charge in [0.05, 0.1) is 0 Å². The summed E-state index contributed by atoms with van der Waals surface area (Å²) in [6, 6.07) is 35.2. The monoisotopic (exact) mass is 856 g/mol. The summed E-state index contributed by atoms with van der Waals surface area (Å²) in [5, 5.41) is 49.5. The van der Waals surface area contributed by atoms with Crippen molar-refractivity contribution < 1.29 is 43.1 Å². The molecule has 0 unspecified atom stereocenters. The molecule has 5 nitrogen and oxygen atoms in total. The number of rotatable bonds is 8. The van der Waals surface area contributed by atoms with Crippen LogP contribution in [0.25, 0.3) is 0 Å². The fourth-order valence-electron chi connectivity index (χ4n) is 7.73. The van der Waals surface area contributed by atoms with Crippen molar-refractivity contribution in [2.75, 3.05) is 0 Å². The lowest BCUT2D eigenvalue weighted by Crippen LogP contribution is -2.18. The van der Waals surface area contributed by atoms with Gasteiger partial charge in [-0.05, 0) is 128 Å². The Kier molecular flexibility index (Phi) is 13.3. The van der Waals surface area contributed by atoms with Gasteiger partial charge in [0.25, 0.3) is 0 Å². The van der Waals surface area contributed by atoms with Gasteiger partial charge in [-0.15, -0.1) is 0 Å². The zero-order valence-corrected chi connectivity index (χ0v) is 36.3. The minimum Gasteiger partial charge on any atom is -0.507 e. The van der Waals surface area contributed by atoms with Crippen LogP contribution in [0.2, 0.25) is 0 Å². The molecule has 0 fully saturated rings. The van der Waals surface area contributed by atoms with Crippen molar-refractivity contribution in [3.05, 3.63) is 218 Å². The molecule has 0 bridgehead atoms. The third kappa shape index (κ3) is 10.7. The summed E-state index contributed by atoms with van der Waals surface area (Å²) in [5.74, 6) is -6.55. The Balaban J connectivity index is 0.000000244. The third-order valence-electron chi connectivity index (χ3n) is 11.1. The highest BCUT2D eigenvalue weighted by molar-refractivity contribution is 5.52. The molecule has 0 aliphatic rings. The first-order valence-corrected chi connectivity index (χ1v) is 20.6. The van der Waals surface area contributed by atoms with Crippen molar-refractivity contribution in [3.63, 3.8) is 0 Å². The van der Waals surface area contributed by atoms with Crippen LogP contribution in [0.5, 0.6) is 28.7 Å². The number of hydrogen-bond acceptors (Lipinski definition) is 5. The number of hydrogen-bond donors (Lipinski definition) is 5. The van der Waals surface area contributed by atoms with E-state index in [2.05, 4.69) is 84.9 Å². The number of phenolic OH excluding ortho intramolecular Hbond substituents is 5. The highest BCUT2D eigenvalue weighted by Crippen LogP contribution is 2.41. The summed E-state index contributed by atoms with van der Waals surface area (Å²) in [5.41, 5.74) is 8.61. The lowest BCUT2D eigenvalue weighted by Gasteiger charge is -2.28. The van der Waals surface area contributed by atoms with Gasteiger partial charge in [0, 0.05) is 11.8 Å². The molecule has 7 aromatic carbocycles. The van der Waals surface area contributed by atoms with Crippen LogP contribution in [0.15, 0.2) is 133 Å². The van der Waals surface area contributed by atoms with E-state index in [-0.39, 0.29) is 10.8 Å². The molecule has 0 atom stereocenters. The van der Waals surface area contributed by atoms with E-state index in [1.165, 1.54) is 65.2 Å². The van der Waals surface area contributed by atoms with E-state index in [0.29, 0.717) is 39.1 Å². The van der Waals surface area contributed by atoms with Gasteiger partial charge in [-0.25, -0.2) is 17.6 Å².